The van der Waals surface area contributed by atoms with Gasteiger partial charge in [0.25, 0.3) is 0 Å². The third-order valence-electron chi connectivity index (χ3n) is 0.939. The molecule has 0 aliphatic carbocycles. The maximum Gasteiger partial charge on any atom is 0.441 e. The molecule has 0 rings (SSSR count). The standard InChI is InChI=1S/C6H9F3OS/c1-5(10)3-2-4-11-6(7,8)9/h2-4H2,1H3. The van der Waals surface area contributed by atoms with E-state index in [0.29, 0.717) is 6.42 Å². The van der Waals surface area contributed by atoms with E-state index < -0.39 is 5.51 Å². The molecule has 1 nitrogen and oxygen atoms in total. The van der Waals surface area contributed by atoms with E-state index in [9.17, 15) is 18.0 Å². The maximum atomic E-state index is 11.5. The fraction of sp³-hybridized carbons (Fsp3) is 0.833. The lowest BCUT2D eigenvalue weighted by molar-refractivity contribution is -0.117. The first-order valence-corrected chi connectivity index (χ1v) is 4.10. The number of ketones is 1. The zero-order valence-electron chi connectivity index (χ0n) is 6.07. The first kappa shape index (κ1) is 10.8. The molecule has 0 aromatic heterocycles. The van der Waals surface area contributed by atoms with Gasteiger partial charge in [-0.1, -0.05) is 11.8 Å². The molecule has 0 heterocycles. The van der Waals surface area contributed by atoms with Gasteiger partial charge in [0.15, 0.2) is 0 Å². The summed E-state index contributed by atoms with van der Waals surface area (Å²) in [5.41, 5.74) is -4.16. The van der Waals surface area contributed by atoms with Crippen molar-refractivity contribution in [3.05, 3.63) is 0 Å². The molecule has 0 atom stereocenters. The van der Waals surface area contributed by atoms with Crippen LogP contribution in [0.3, 0.4) is 0 Å². The maximum absolute atomic E-state index is 11.5. The molecule has 0 bridgehead atoms. The largest absolute Gasteiger partial charge is 0.441 e. The molecule has 0 aromatic rings. The fourth-order valence-corrected chi connectivity index (χ4v) is 1.03. The van der Waals surface area contributed by atoms with E-state index in [2.05, 4.69) is 0 Å². The number of thioether (sulfide) groups is 1. The van der Waals surface area contributed by atoms with E-state index in [0.717, 1.165) is 0 Å². The lowest BCUT2D eigenvalue weighted by atomic mass is 10.3. The SMILES string of the molecule is CC(=O)CCCSC(F)(F)F. The molecule has 0 unspecified atom stereocenters. The van der Waals surface area contributed by atoms with Crippen LogP contribution in [0.15, 0.2) is 0 Å². The van der Waals surface area contributed by atoms with E-state index in [1.807, 2.05) is 0 Å². The number of hydrogen-bond acceptors (Lipinski definition) is 2. The number of hydrogen-bond donors (Lipinski definition) is 0. The van der Waals surface area contributed by atoms with Crippen LogP contribution in [0, 0.1) is 0 Å². The molecule has 11 heavy (non-hydrogen) atoms. The number of carbonyl (C=O) groups is 1. The summed E-state index contributed by atoms with van der Waals surface area (Å²) in [5, 5.41) is 0. The number of carbonyl (C=O) groups excluding carboxylic acids is 1. The fourth-order valence-electron chi connectivity index (χ4n) is 0.509. The van der Waals surface area contributed by atoms with Gasteiger partial charge < -0.3 is 4.79 Å². The minimum atomic E-state index is -4.16. The van der Waals surface area contributed by atoms with E-state index in [4.69, 9.17) is 0 Å². The first-order valence-electron chi connectivity index (χ1n) is 3.12. The quantitative estimate of drug-likeness (QED) is 0.628. The second kappa shape index (κ2) is 4.64. The Balaban J connectivity index is 3.22. The Morgan fingerprint density at radius 2 is 2.00 bits per heavy atom. The normalized spacial score (nSPS) is 11.6. The number of rotatable bonds is 4. The van der Waals surface area contributed by atoms with Crippen molar-refractivity contribution in [3.63, 3.8) is 0 Å². The number of Topliss-reactive ketones (excluding diaryl/α,β-unsaturated/α-hetero) is 1. The molecule has 0 aromatic carbocycles. The van der Waals surface area contributed by atoms with Gasteiger partial charge in [-0.2, -0.15) is 13.2 Å². The topological polar surface area (TPSA) is 17.1 Å². The van der Waals surface area contributed by atoms with Crippen LogP contribution in [0.1, 0.15) is 19.8 Å². The van der Waals surface area contributed by atoms with Crippen molar-refractivity contribution >= 4 is 17.5 Å². The van der Waals surface area contributed by atoms with Crippen molar-refractivity contribution in [3.8, 4) is 0 Å². The predicted molar refractivity (Wildman–Crippen MR) is 38.4 cm³/mol. The van der Waals surface area contributed by atoms with Crippen molar-refractivity contribution in [1.29, 1.82) is 0 Å². The van der Waals surface area contributed by atoms with Crippen LogP contribution in [-0.4, -0.2) is 17.0 Å². The highest BCUT2D eigenvalue weighted by Crippen LogP contribution is 2.30. The van der Waals surface area contributed by atoms with Crippen molar-refractivity contribution in [2.24, 2.45) is 0 Å². The summed E-state index contributed by atoms with van der Waals surface area (Å²) in [6, 6.07) is 0. The monoisotopic (exact) mass is 186 g/mol. The summed E-state index contributed by atoms with van der Waals surface area (Å²) in [4.78, 5) is 10.3. The Kier molecular flexibility index (Phi) is 4.56. The zero-order valence-corrected chi connectivity index (χ0v) is 6.89. The zero-order chi connectivity index (χ0) is 8.91. The molecule has 5 heteroatoms. The second-order valence-corrected chi connectivity index (χ2v) is 3.26. The van der Waals surface area contributed by atoms with Gasteiger partial charge in [-0.3, -0.25) is 0 Å². The Morgan fingerprint density at radius 3 is 2.36 bits per heavy atom. The third kappa shape index (κ3) is 9.81. The Morgan fingerprint density at radius 1 is 1.45 bits per heavy atom. The Hall–Kier alpha value is -0.190. The van der Waals surface area contributed by atoms with Crippen molar-refractivity contribution in [1.82, 2.24) is 0 Å². The summed E-state index contributed by atoms with van der Waals surface area (Å²) in [6.07, 6.45) is 0.544. The highest BCUT2D eigenvalue weighted by Gasteiger charge is 2.27. The van der Waals surface area contributed by atoms with Gasteiger partial charge in [0.05, 0.1) is 0 Å². The highest BCUT2D eigenvalue weighted by atomic mass is 32.2. The molecular formula is C6H9F3OS. The molecule has 0 aliphatic heterocycles. The van der Waals surface area contributed by atoms with Crippen LogP contribution in [0.2, 0.25) is 0 Å². The van der Waals surface area contributed by atoms with Crippen LogP contribution >= 0.6 is 11.8 Å². The smallest absolute Gasteiger partial charge is 0.300 e. The van der Waals surface area contributed by atoms with Gasteiger partial charge in [0.1, 0.15) is 5.78 Å². The lowest BCUT2D eigenvalue weighted by Gasteiger charge is -2.03. The van der Waals surface area contributed by atoms with Crippen LogP contribution in [0.5, 0.6) is 0 Å². The van der Waals surface area contributed by atoms with Gasteiger partial charge in [-0.15, -0.1) is 0 Å². The van der Waals surface area contributed by atoms with Crippen LogP contribution in [0.25, 0.3) is 0 Å². The van der Waals surface area contributed by atoms with E-state index >= 15 is 0 Å². The average Bonchev–Trinajstić information content (AvgIpc) is 1.78. The van der Waals surface area contributed by atoms with Crippen molar-refractivity contribution < 1.29 is 18.0 Å². The summed E-state index contributed by atoms with van der Waals surface area (Å²) in [5.74, 6) is -0.0870. The molecule has 0 amide bonds. The lowest BCUT2D eigenvalue weighted by Crippen LogP contribution is -2.02. The summed E-state index contributed by atoms with van der Waals surface area (Å²) < 4.78 is 34.4. The van der Waals surface area contributed by atoms with Crippen LogP contribution < -0.4 is 0 Å². The van der Waals surface area contributed by atoms with E-state index in [1.165, 1.54) is 6.92 Å². The summed E-state index contributed by atoms with van der Waals surface area (Å²) >= 11 is -0.0767. The minimum Gasteiger partial charge on any atom is -0.300 e. The van der Waals surface area contributed by atoms with Crippen LogP contribution in [-0.2, 0) is 4.79 Å². The molecule has 0 N–H and O–H groups in total. The van der Waals surface area contributed by atoms with Gasteiger partial charge in [0, 0.05) is 12.2 Å². The minimum absolute atomic E-state index is 0.0247. The molecule has 0 saturated carbocycles. The highest BCUT2D eigenvalue weighted by molar-refractivity contribution is 8.00. The number of alkyl halides is 3. The molecule has 0 saturated heterocycles. The molecule has 0 fully saturated rings. The van der Waals surface area contributed by atoms with Crippen LogP contribution in [0.4, 0.5) is 13.2 Å². The Labute approximate surface area is 67.3 Å². The molecule has 0 spiro atoms. The van der Waals surface area contributed by atoms with E-state index in [1.54, 1.807) is 0 Å². The predicted octanol–water partition coefficient (Wildman–Crippen LogP) is 2.61. The van der Waals surface area contributed by atoms with Crippen molar-refractivity contribution in [2.45, 2.75) is 25.3 Å². The molecular weight excluding hydrogens is 177 g/mol. The van der Waals surface area contributed by atoms with Crippen molar-refractivity contribution in [2.75, 3.05) is 5.75 Å². The molecule has 0 radical (unpaired) electrons. The van der Waals surface area contributed by atoms with Gasteiger partial charge in [-0.05, 0) is 13.3 Å². The molecule has 0 aliphatic rings. The summed E-state index contributed by atoms with van der Waals surface area (Å²) in [7, 11) is 0. The Bertz CT molecular complexity index is 132. The van der Waals surface area contributed by atoms with E-state index in [-0.39, 0.29) is 29.7 Å². The van der Waals surface area contributed by atoms with Gasteiger partial charge >= 0.3 is 5.51 Å². The number of halogens is 3. The summed E-state index contributed by atoms with van der Waals surface area (Å²) in [6.45, 7) is 1.37. The first-order chi connectivity index (χ1) is 4.92. The van der Waals surface area contributed by atoms with Gasteiger partial charge in [0.2, 0.25) is 0 Å². The van der Waals surface area contributed by atoms with Gasteiger partial charge in [-0.25, -0.2) is 0 Å². The molecule has 66 valence electrons. The third-order valence-corrected chi connectivity index (χ3v) is 1.76. The second-order valence-electron chi connectivity index (χ2n) is 2.10. The average molecular weight is 186 g/mol.